The first-order valence-electron chi connectivity index (χ1n) is 7.99. The molecule has 0 bridgehead atoms. The molecule has 0 unspecified atom stereocenters. The van der Waals surface area contributed by atoms with Crippen molar-refractivity contribution in [3.05, 3.63) is 59.4 Å². The Kier molecular flexibility index (Phi) is 6.33. The maximum atomic E-state index is 13.7. The van der Waals surface area contributed by atoms with Gasteiger partial charge in [-0.05, 0) is 36.2 Å². The van der Waals surface area contributed by atoms with Gasteiger partial charge >= 0.3 is 0 Å². The monoisotopic (exact) mass is 379 g/mol. The Morgan fingerprint density at radius 3 is 2.50 bits per heavy atom. The summed E-state index contributed by atoms with van der Waals surface area (Å²) in [6.45, 7) is 1.71. The van der Waals surface area contributed by atoms with E-state index in [1.807, 2.05) is 0 Å². The SMILES string of the molecule is Cc1ccc(NCC(=O)NCc2ccccc2S(=O)(=O)N(C)C)c(F)c1. The molecule has 6 nitrogen and oxygen atoms in total. The molecule has 0 spiro atoms. The standard InChI is InChI=1S/C18H22FN3O3S/c1-13-8-9-16(15(19)10-13)20-12-18(23)21-11-14-6-4-5-7-17(14)26(24,25)22(2)3/h4-10,20H,11-12H2,1-3H3,(H,21,23). The third-order valence-corrected chi connectivity index (χ3v) is 5.69. The Morgan fingerprint density at radius 2 is 1.85 bits per heavy atom. The van der Waals surface area contributed by atoms with Crippen LogP contribution < -0.4 is 10.6 Å². The van der Waals surface area contributed by atoms with Crippen molar-refractivity contribution in [2.24, 2.45) is 0 Å². The summed E-state index contributed by atoms with van der Waals surface area (Å²) >= 11 is 0. The normalized spacial score (nSPS) is 11.4. The van der Waals surface area contributed by atoms with Crippen LogP contribution in [-0.2, 0) is 21.4 Å². The van der Waals surface area contributed by atoms with Crippen molar-refractivity contribution in [3.8, 4) is 0 Å². The van der Waals surface area contributed by atoms with Crippen LogP contribution in [0.5, 0.6) is 0 Å². The zero-order chi connectivity index (χ0) is 19.3. The van der Waals surface area contributed by atoms with E-state index in [4.69, 9.17) is 0 Å². The highest BCUT2D eigenvalue weighted by atomic mass is 32.2. The van der Waals surface area contributed by atoms with Gasteiger partial charge in [0, 0.05) is 20.6 Å². The minimum Gasteiger partial charge on any atom is -0.374 e. The first-order chi connectivity index (χ1) is 12.2. The molecular weight excluding hydrogens is 357 g/mol. The summed E-state index contributed by atoms with van der Waals surface area (Å²) in [5.41, 5.74) is 1.51. The number of rotatable bonds is 7. The van der Waals surface area contributed by atoms with Crippen molar-refractivity contribution < 1.29 is 17.6 Å². The lowest BCUT2D eigenvalue weighted by Crippen LogP contribution is -2.31. The lowest BCUT2D eigenvalue weighted by molar-refractivity contribution is -0.119. The van der Waals surface area contributed by atoms with Crippen LogP contribution in [0.25, 0.3) is 0 Å². The predicted molar refractivity (Wildman–Crippen MR) is 98.8 cm³/mol. The fraction of sp³-hybridized carbons (Fsp3) is 0.278. The first-order valence-corrected chi connectivity index (χ1v) is 9.43. The number of benzene rings is 2. The second kappa shape index (κ2) is 8.29. The maximum absolute atomic E-state index is 13.7. The molecule has 0 radical (unpaired) electrons. The minimum absolute atomic E-state index is 0.0557. The zero-order valence-corrected chi connectivity index (χ0v) is 15.7. The number of carbonyl (C=O) groups is 1. The van der Waals surface area contributed by atoms with Gasteiger partial charge in [0.05, 0.1) is 17.1 Å². The van der Waals surface area contributed by atoms with Crippen LogP contribution in [0.4, 0.5) is 10.1 Å². The number of sulfonamides is 1. The Balaban J connectivity index is 2.00. The molecule has 2 aromatic carbocycles. The van der Waals surface area contributed by atoms with Crippen LogP contribution in [0.15, 0.2) is 47.4 Å². The van der Waals surface area contributed by atoms with E-state index in [0.29, 0.717) is 5.56 Å². The number of halogens is 1. The number of carbonyl (C=O) groups excluding carboxylic acids is 1. The molecule has 0 aliphatic heterocycles. The number of anilines is 1. The molecule has 8 heteroatoms. The molecule has 26 heavy (non-hydrogen) atoms. The van der Waals surface area contributed by atoms with Crippen LogP contribution in [0.2, 0.25) is 0 Å². The molecule has 0 fully saturated rings. The molecule has 2 rings (SSSR count). The van der Waals surface area contributed by atoms with E-state index in [9.17, 15) is 17.6 Å². The molecule has 0 aliphatic rings. The molecule has 0 heterocycles. The van der Waals surface area contributed by atoms with Crippen LogP contribution in [-0.4, -0.2) is 39.3 Å². The highest BCUT2D eigenvalue weighted by Gasteiger charge is 2.20. The molecule has 140 valence electrons. The van der Waals surface area contributed by atoms with Crippen LogP contribution in [0, 0.1) is 12.7 Å². The lowest BCUT2D eigenvalue weighted by atomic mass is 10.2. The highest BCUT2D eigenvalue weighted by molar-refractivity contribution is 7.89. The van der Waals surface area contributed by atoms with E-state index in [1.54, 1.807) is 37.3 Å². The van der Waals surface area contributed by atoms with Crippen molar-refractivity contribution in [3.63, 3.8) is 0 Å². The average Bonchev–Trinajstić information content (AvgIpc) is 2.59. The summed E-state index contributed by atoms with van der Waals surface area (Å²) < 4.78 is 39.5. The van der Waals surface area contributed by atoms with Gasteiger partial charge in [0.25, 0.3) is 0 Å². The van der Waals surface area contributed by atoms with Gasteiger partial charge in [0.15, 0.2) is 0 Å². The van der Waals surface area contributed by atoms with E-state index in [0.717, 1.165) is 9.87 Å². The number of nitrogens with zero attached hydrogens (tertiary/aromatic N) is 1. The van der Waals surface area contributed by atoms with Gasteiger partial charge in [0.2, 0.25) is 15.9 Å². The predicted octanol–water partition coefficient (Wildman–Crippen LogP) is 2.11. The second-order valence-corrected chi connectivity index (χ2v) is 8.13. The van der Waals surface area contributed by atoms with Crippen molar-refractivity contribution in [1.29, 1.82) is 0 Å². The molecule has 2 N–H and O–H groups in total. The van der Waals surface area contributed by atoms with E-state index in [2.05, 4.69) is 10.6 Å². The molecule has 0 saturated carbocycles. The summed E-state index contributed by atoms with van der Waals surface area (Å²) in [5.74, 6) is -0.803. The summed E-state index contributed by atoms with van der Waals surface area (Å²) in [6, 6.07) is 11.2. The maximum Gasteiger partial charge on any atom is 0.242 e. The Bertz CT molecular complexity index is 898. The van der Waals surface area contributed by atoms with Gasteiger partial charge in [0.1, 0.15) is 5.82 Å². The zero-order valence-electron chi connectivity index (χ0n) is 14.9. The largest absolute Gasteiger partial charge is 0.374 e. The quantitative estimate of drug-likeness (QED) is 0.772. The summed E-state index contributed by atoms with van der Waals surface area (Å²) in [4.78, 5) is 12.1. The van der Waals surface area contributed by atoms with Gasteiger partial charge in [-0.3, -0.25) is 4.79 Å². The average molecular weight is 379 g/mol. The Morgan fingerprint density at radius 1 is 1.15 bits per heavy atom. The topological polar surface area (TPSA) is 78.5 Å². The fourth-order valence-electron chi connectivity index (χ4n) is 2.29. The summed E-state index contributed by atoms with van der Waals surface area (Å²) in [5, 5.41) is 5.37. The van der Waals surface area contributed by atoms with Gasteiger partial charge in [-0.1, -0.05) is 24.3 Å². The van der Waals surface area contributed by atoms with Crippen molar-refractivity contribution in [2.75, 3.05) is 26.0 Å². The molecule has 2 aromatic rings. The number of hydrogen-bond donors (Lipinski definition) is 2. The number of amides is 1. The third kappa shape index (κ3) is 4.80. The number of aryl methyl sites for hydroxylation is 1. The van der Waals surface area contributed by atoms with E-state index in [1.165, 1.54) is 26.2 Å². The highest BCUT2D eigenvalue weighted by Crippen LogP contribution is 2.18. The minimum atomic E-state index is -3.60. The van der Waals surface area contributed by atoms with Crippen molar-refractivity contribution in [2.45, 2.75) is 18.4 Å². The Labute approximate surface area is 153 Å². The summed E-state index contributed by atoms with van der Waals surface area (Å²) in [7, 11) is -0.705. The smallest absolute Gasteiger partial charge is 0.242 e. The van der Waals surface area contributed by atoms with Gasteiger partial charge < -0.3 is 10.6 Å². The van der Waals surface area contributed by atoms with Crippen LogP contribution in [0.1, 0.15) is 11.1 Å². The first kappa shape index (κ1) is 19.9. The molecule has 0 aliphatic carbocycles. The third-order valence-electron chi connectivity index (χ3n) is 3.77. The lowest BCUT2D eigenvalue weighted by Gasteiger charge is -2.15. The molecule has 0 saturated heterocycles. The second-order valence-electron chi connectivity index (χ2n) is 6.01. The molecular formula is C18H22FN3O3S. The van der Waals surface area contributed by atoms with E-state index >= 15 is 0 Å². The number of nitrogens with one attached hydrogen (secondary N) is 2. The van der Waals surface area contributed by atoms with Crippen molar-refractivity contribution in [1.82, 2.24) is 9.62 Å². The molecule has 0 atom stereocenters. The number of hydrogen-bond acceptors (Lipinski definition) is 4. The van der Waals surface area contributed by atoms with Gasteiger partial charge in [-0.2, -0.15) is 0 Å². The summed E-state index contributed by atoms with van der Waals surface area (Å²) in [6.07, 6.45) is 0. The molecule has 0 aromatic heterocycles. The fourth-order valence-corrected chi connectivity index (χ4v) is 3.41. The van der Waals surface area contributed by atoms with Gasteiger partial charge in [-0.25, -0.2) is 17.1 Å². The van der Waals surface area contributed by atoms with Gasteiger partial charge in [-0.15, -0.1) is 0 Å². The van der Waals surface area contributed by atoms with Crippen LogP contribution in [0.3, 0.4) is 0 Å². The van der Waals surface area contributed by atoms with E-state index in [-0.39, 0.29) is 29.6 Å². The van der Waals surface area contributed by atoms with Crippen LogP contribution >= 0.6 is 0 Å². The Hall–Kier alpha value is -2.45. The van der Waals surface area contributed by atoms with Crippen molar-refractivity contribution >= 4 is 21.6 Å². The van der Waals surface area contributed by atoms with E-state index < -0.39 is 15.8 Å². The molecule has 1 amide bonds.